The van der Waals surface area contributed by atoms with Gasteiger partial charge in [-0.2, -0.15) is 0 Å². The second kappa shape index (κ2) is 21.1. The minimum atomic E-state index is -1.43. The molecule has 0 radical (unpaired) electrons. The number of carboxylic acid groups (broad SMARTS) is 2. The third-order valence-electron chi connectivity index (χ3n) is 12.5. The highest BCUT2D eigenvalue weighted by Gasteiger charge is 2.39. The van der Waals surface area contributed by atoms with Crippen molar-refractivity contribution in [2.24, 2.45) is 0 Å². The molecular weight excluding hydrogens is 941 g/mol. The fraction of sp³-hybridized carbons (Fsp3) is 0.404. The molecule has 0 saturated carbocycles. The van der Waals surface area contributed by atoms with Gasteiger partial charge in [-0.3, -0.25) is 19.7 Å². The molecule has 3 aliphatic heterocycles. The number of aromatic carboxylic acids is 1. The lowest BCUT2D eigenvalue weighted by atomic mass is 9.87. The maximum absolute atomic E-state index is 16.0. The number of halogens is 2. The molecule has 0 spiro atoms. The number of carbonyl (C=O) groups is 6. The summed E-state index contributed by atoms with van der Waals surface area (Å²) in [7, 11) is 1.86. The second-order valence-electron chi connectivity index (χ2n) is 17.7. The zero-order valence-corrected chi connectivity index (χ0v) is 40.2. The number of benzene rings is 3. The molecular formula is C47H53ClFN7O10S2. The van der Waals surface area contributed by atoms with Crippen LogP contribution in [0.3, 0.4) is 0 Å². The number of hydrogen-bond acceptors (Lipinski definition) is 11. The van der Waals surface area contributed by atoms with Crippen LogP contribution in [0.1, 0.15) is 72.7 Å². The second-order valence-corrected chi connectivity index (χ2v) is 20.5. The summed E-state index contributed by atoms with van der Waals surface area (Å²) in [5.74, 6) is -3.86. The van der Waals surface area contributed by atoms with Crippen molar-refractivity contribution in [3.63, 3.8) is 0 Å². The molecule has 5 N–H and O–H groups in total. The van der Waals surface area contributed by atoms with E-state index in [1.54, 1.807) is 67.5 Å². The number of aliphatic carboxylic acids is 1. The van der Waals surface area contributed by atoms with Crippen molar-refractivity contribution in [3.05, 3.63) is 87.8 Å². The van der Waals surface area contributed by atoms with E-state index in [9.17, 15) is 38.1 Å². The van der Waals surface area contributed by atoms with Crippen molar-refractivity contribution in [2.45, 2.75) is 81.4 Å². The summed E-state index contributed by atoms with van der Waals surface area (Å²) < 4.78 is 37.2. The number of carboxylic acids is 2. The van der Waals surface area contributed by atoms with Gasteiger partial charge in [-0.05, 0) is 92.6 Å². The molecule has 4 aromatic rings. The summed E-state index contributed by atoms with van der Waals surface area (Å²) in [6, 6.07) is 18.6. The van der Waals surface area contributed by atoms with Crippen LogP contribution in [0.5, 0.6) is 5.75 Å². The monoisotopic (exact) mass is 993 g/mol. The number of hydrogen-bond donors (Lipinski definition) is 5. The number of piperidine rings is 3. The van der Waals surface area contributed by atoms with E-state index in [0.717, 1.165) is 22.6 Å². The molecule has 7 rings (SSSR count). The molecule has 5 amide bonds. The van der Waals surface area contributed by atoms with Crippen molar-refractivity contribution in [3.8, 4) is 16.2 Å². The van der Waals surface area contributed by atoms with E-state index in [2.05, 4.69) is 16.0 Å². The maximum Gasteiger partial charge on any atom is 0.349 e. The Labute approximate surface area is 404 Å². The lowest BCUT2D eigenvalue weighted by Crippen LogP contribution is -2.53. The quantitative estimate of drug-likeness (QED) is 0.0570. The lowest BCUT2D eigenvalue weighted by Gasteiger charge is -2.44. The molecule has 4 heterocycles. The molecule has 0 aliphatic carbocycles. The van der Waals surface area contributed by atoms with Gasteiger partial charge in [0.2, 0.25) is 18.2 Å². The highest BCUT2D eigenvalue weighted by Crippen LogP contribution is 2.46. The first-order valence-electron chi connectivity index (χ1n) is 21.9. The van der Waals surface area contributed by atoms with Gasteiger partial charge in [0.1, 0.15) is 17.2 Å². The number of rotatable bonds is 16. The number of likely N-dealkylation sites (N-methyl/N-ethyl adjacent to an activating group) is 1. The molecule has 3 aromatic carbocycles. The zero-order valence-electron chi connectivity index (χ0n) is 37.8. The van der Waals surface area contributed by atoms with Crippen LogP contribution < -0.4 is 30.5 Å². The summed E-state index contributed by atoms with van der Waals surface area (Å²) in [6.45, 7) is 3.96. The zero-order chi connectivity index (χ0) is 49.0. The van der Waals surface area contributed by atoms with Crippen molar-refractivity contribution < 1.29 is 52.3 Å². The van der Waals surface area contributed by atoms with E-state index in [0.29, 0.717) is 71.7 Å². The number of likely N-dealkylation sites (tertiary alicyclic amines) is 1. The van der Waals surface area contributed by atoms with Crippen LogP contribution in [0, 0.1) is 0 Å². The number of nitrogens with one attached hydrogen (secondary N) is 3. The van der Waals surface area contributed by atoms with Crippen LogP contribution in [0.15, 0.2) is 66.7 Å². The molecule has 3 aliphatic rings. The van der Waals surface area contributed by atoms with Gasteiger partial charge < -0.3 is 40.3 Å². The van der Waals surface area contributed by atoms with Crippen molar-refractivity contribution >= 4 is 92.9 Å². The van der Waals surface area contributed by atoms with Crippen molar-refractivity contribution in [1.82, 2.24) is 14.5 Å². The molecule has 362 valence electrons. The smallest absolute Gasteiger partial charge is 0.349 e. The van der Waals surface area contributed by atoms with Gasteiger partial charge in [-0.15, -0.1) is 11.3 Å². The Bertz CT molecular complexity index is 2630. The van der Waals surface area contributed by atoms with Crippen molar-refractivity contribution in [2.75, 3.05) is 60.8 Å². The fourth-order valence-electron chi connectivity index (χ4n) is 9.11. The highest BCUT2D eigenvalue weighted by atomic mass is 35.5. The van der Waals surface area contributed by atoms with E-state index in [4.69, 9.17) is 21.4 Å². The molecule has 3 fully saturated rings. The number of anilines is 4. The van der Waals surface area contributed by atoms with Crippen molar-refractivity contribution in [1.29, 1.82) is 0 Å². The summed E-state index contributed by atoms with van der Waals surface area (Å²) in [5.41, 5.74) is 3.84. The van der Waals surface area contributed by atoms with Crippen LogP contribution >= 0.6 is 22.9 Å². The van der Waals surface area contributed by atoms with Gasteiger partial charge in [-0.1, -0.05) is 41.9 Å². The van der Waals surface area contributed by atoms with Crippen LogP contribution in [-0.2, 0) is 35.9 Å². The molecule has 17 nitrogen and oxygen atoms in total. The average Bonchev–Trinajstić information content (AvgIpc) is 3.63. The fourth-order valence-corrected chi connectivity index (χ4v) is 12.1. The molecule has 0 bridgehead atoms. The summed E-state index contributed by atoms with van der Waals surface area (Å²) >= 11 is 7.43. The van der Waals surface area contributed by atoms with Gasteiger partial charge in [0.15, 0.2) is 17.2 Å². The van der Waals surface area contributed by atoms with E-state index >= 15 is 4.39 Å². The predicted molar refractivity (Wildman–Crippen MR) is 259 cm³/mol. The van der Waals surface area contributed by atoms with Gasteiger partial charge in [0.25, 0.3) is 0 Å². The Balaban J connectivity index is 0.932. The first-order valence-corrected chi connectivity index (χ1v) is 24.4. The summed E-state index contributed by atoms with van der Waals surface area (Å²) in [5, 5.41) is 27.6. The molecule has 21 heteroatoms. The highest BCUT2D eigenvalue weighted by molar-refractivity contribution is 7.81. The first kappa shape index (κ1) is 49.8. The SMILES string of the molecule is CN(C=O)c1cc(C2CCN(C(=O)Nc3cccc(CS(=O)N4CCC(Nc5cccc(-c6sc(C(=O)O)c(OCC(=O)O)c6Cl)c5)CC4(C)C)c3)CC2F)ccc1N(C)C1CCC(=O)NC1=O. The summed E-state index contributed by atoms with van der Waals surface area (Å²) in [4.78, 5) is 77.5. The Hall–Kier alpha value is -6.09. The van der Waals surface area contributed by atoms with Crippen LogP contribution in [0.4, 0.5) is 31.9 Å². The Kier molecular flexibility index (Phi) is 15.4. The van der Waals surface area contributed by atoms with Gasteiger partial charge in [0, 0.05) is 62.5 Å². The molecule has 68 heavy (non-hydrogen) atoms. The lowest BCUT2D eigenvalue weighted by molar-refractivity contribution is -0.139. The number of imide groups is 1. The summed E-state index contributed by atoms with van der Waals surface area (Å²) in [6.07, 6.45) is 1.36. The van der Waals surface area contributed by atoms with Gasteiger partial charge in [-0.25, -0.2) is 27.3 Å². The first-order chi connectivity index (χ1) is 32.3. The topological polar surface area (TPSA) is 218 Å². The standard InChI is InChI=1S/C47H53ClFN7O10S2/c1-47(2)22-32(50-31-10-6-8-29(20-31)42-40(48)41(66-24-39(59)60)43(67-42)45(62)63)15-18-56(47)68(65)25-27-7-5-9-30(19-27)51-46(64)55-17-16-33(34(49)23-55)28-11-12-35(37(21-28)53(3)26-57)54(4)36-13-14-38(58)52-44(36)61/h5-12,19-21,26,32-34,36,50H,13-18,22-25H2,1-4H3,(H,51,64)(H,59,60)(H,62,63)(H,52,58,61). The third kappa shape index (κ3) is 11.3. The normalized spacial score (nSPS) is 21.0. The van der Waals surface area contributed by atoms with E-state index in [-0.39, 0.29) is 52.9 Å². The Morgan fingerprint density at radius 2 is 1.76 bits per heavy atom. The number of nitrogens with zero attached hydrogens (tertiary/aromatic N) is 4. The number of carbonyl (C=O) groups excluding carboxylic acids is 4. The number of amides is 5. The predicted octanol–water partition coefficient (Wildman–Crippen LogP) is 6.94. The van der Waals surface area contributed by atoms with Crippen LogP contribution in [0.25, 0.3) is 10.4 Å². The number of urea groups is 1. The van der Waals surface area contributed by atoms with Gasteiger partial charge >= 0.3 is 18.0 Å². The molecule has 3 saturated heterocycles. The van der Waals surface area contributed by atoms with Crippen LogP contribution in [-0.4, -0.2) is 124 Å². The number of alkyl halides is 1. The third-order valence-corrected chi connectivity index (χ3v) is 15.9. The molecule has 5 atom stereocenters. The Morgan fingerprint density at radius 1 is 1.01 bits per heavy atom. The number of thiophene rings is 1. The van der Waals surface area contributed by atoms with E-state index in [1.165, 1.54) is 9.80 Å². The Morgan fingerprint density at radius 3 is 2.46 bits per heavy atom. The maximum atomic E-state index is 16.0. The molecule has 5 unspecified atom stereocenters. The molecule has 1 aromatic heterocycles. The van der Waals surface area contributed by atoms with Crippen LogP contribution in [0.2, 0.25) is 5.02 Å². The van der Waals surface area contributed by atoms with E-state index in [1.807, 2.05) is 36.4 Å². The largest absolute Gasteiger partial charge is 0.479 e. The number of ether oxygens (including phenoxy) is 1. The minimum absolute atomic E-state index is 0.00458. The van der Waals surface area contributed by atoms with Gasteiger partial charge in [0.05, 0.1) is 39.5 Å². The van der Waals surface area contributed by atoms with E-state index < -0.39 is 65.1 Å². The average molecular weight is 995 g/mol. The minimum Gasteiger partial charge on any atom is -0.479 e.